The van der Waals surface area contributed by atoms with Crippen molar-refractivity contribution in [3.63, 3.8) is 0 Å². The molecule has 1 fully saturated rings. The Hall–Kier alpha value is -2.86. The quantitative estimate of drug-likeness (QED) is 0.619. The lowest BCUT2D eigenvalue weighted by Crippen LogP contribution is -2.35. The van der Waals surface area contributed by atoms with E-state index in [-0.39, 0.29) is 11.7 Å². The van der Waals surface area contributed by atoms with Crippen molar-refractivity contribution in [3.8, 4) is 11.8 Å². The third-order valence-corrected chi connectivity index (χ3v) is 5.83. The van der Waals surface area contributed by atoms with Gasteiger partial charge in [0.05, 0.1) is 0 Å². The number of hydrogen-bond donors (Lipinski definition) is 0. The Morgan fingerprint density at radius 1 is 1.03 bits per heavy atom. The topological polar surface area (TPSA) is 37.4 Å². The molecule has 1 amide bonds. The van der Waals surface area contributed by atoms with E-state index in [4.69, 9.17) is 0 Å². The van der Waals surface area contributed by atoms with E-state index < -0.39 is 0 Å². The van der Waals surface area contributed by atoms with Crippen LogP contribution in [0.4, 0.5) is 0 Å². The molecule has 0 aromatic heterocycles. The highest BCUT2D eigenvalue weighted by molar-refractivity contribution is 5.94. The van der Waals surface area contributed by atoms with Gasteiger partial charge in [-0.25, -0.2) is 0 Å². The zero-order valence-corrected chi connectivity index (χ0v) is 18.3. The summed E-state index contributed by atoms with van der Waals surface area (Å²) in [5.74, 6) is 7.04. The Kier molecular flexibility index (Phi) is 7.46. The number of rotatable bonds is 6. The molecular formula is C27H31NO2. The Bertz CT molecular complexity index is 943. The lowest BCUT2D eigenvalue weighted by Gasteiger charge is -2.24. The second-order valence-corrected chi connectivity index (χ2v) is 8.60. The van der Waals surface area contributed by atoms with Crippen molar-refractivity contribution >= 4 is 11.7 Å². The number of Topliss-reactive ketones (excluding diaryl/α,β-unsaturated/α-hetero) is 1. The van der Waals surface area contributed by atoms with E-state index in [1.807, 2.05) is 48.3 Å². The summed E-state index contributed by atoms with van der Waals surface area (Å²) in [7, 11) is 1.91. The fraction of sp³-hybridized carbons (Fsp3) is 0.407. The van der Waals surface area contributed by atoms with Gasteiger partial charge in [-0.15, -0.1) is 0 Å². The van der Waals surface area contributed by atoms with Crippen molar-refractivity contribution in [2.75, 3.05) is 7.05 Å². The van der Waals surface area contributed by atoms with Gasteiger partial charge in [0.25, 0.3) is 5.91 Å². The molecule has 1 aliphatic carbocycles. The van der Waals surface area contributed by atoms with Crippen molar-refractivity contribution in [1.82, 2.24) is 4.90 Å². The van der Waals surface area contributed by atoms with E-state index in [9.17, 15) is 9.59 Å². The number of ketones is 1. The second-order valence-electron chi connectivity index (χ2n) is 8.60. The zero-order chi connectivity index (χ0) is 21.5. The summed E-state index contributed by atoms with van der Waals surface area (Å²) in [4.78, 5) is 25.9. The second kappa shape index (κ2) is 10.3. The monoisotopic (exact) mass is 401 g/mol. The predicted molar refractivity (Wildman–Crippen MR) is 121 cm³/mol. The third-order valence-electron chi connectivity index (χ3n) is 5.83. The van der Waals surface area contributed by atoms with Crippen LogP contribution in [0.1, 0.15) is 73.0 Å². The van der Waals surface area contributed by atoms with E-state index in [0.29, 0.717) is 23.9 Å². The van der Waals surface area contributed by atoms with E-state index in [0.717, 1.165) is 30.4 Å². The highest BCUT2D eigenvalue weighted by Crippen LogP contribution is 2.23. The standard InChI is InChI=1S/C27H31NO2/c1-20(17-21(2)29)18-24-15-12-22(13-16-24)11-14-23-7-6-8-25(19-23)27(30)28(3)26-9-4-5-10-26/h6-8,12-13,15-16,19-20,26H,4-5,9-10,17-18H2,1-3H3. The summed E-state index contributed by atoms with van der Waals surface area (Å²) in [6.45, 7) is 3.75. The number of amides is 1. The van der Waals surface area contributed by atoms with Crippen LogP contribution in [-0.4, -0.2) is 29.7 Å². The fourth-order valence-electron chi connectivity index (χ4n) is 4.22. The minimum Gasteiger partial charge on any atom is -0.339 e. The maximum Gasteiger partial charge on any atom is 0.253 e. The Morgan fingerprint density at radius 2 is 1.70 bits per heavy atom. The normalized spacial score (nSPS) is 14.6. The van der Waals surface area contributed by atoms with Gasteiger partial charge in [-0.1, -0.05) is 49.8 Å². The summed E-state index contributed by atoms with van der Waals surface area (Å²) in [6, 6.07) is 16.2. The van der Waals surface area contributed by atoms with Gasteiger partial charge in [-0.05, 0) is 68.0 Å². The summed E-state index contributed by atoms with van der Waals surface area (Å²) in [5, 5.41) is 0. The molecule has 0 bridgehead atoms. The molecule has 1 aliphatic rings. The van der Waals surface area contributed by atoms with Crippen LogP contribution in [0.3, 0.4) is 0 Å². The first kappa shape index (κ1) is 21.8. The molecule has 0 heterocycles. The third kappa shape index (κ3) is 6.07. The van der Waals surface area contributed by atoms with Gasteiger partial charge in [0, 0.05) is 36.2 Å². The SMILES string of the molecule is CC(=O)CC(C)Cc1ccc(C#Cc2cccc(C(=O)N(C)C3CCCC3)c2)cc1. The molecule has 30 heavy (non-hydrogen) atoms. The summed E-state index contributed by atoms with van der Waals surface area (Å²) >= 11 is 0. The summed E-state index contributed by atoms with van der Waals surface area (Å²) in [6.07, 6.45) is 6.14. The molecule has 1 unspecified atom stereocenters. The van der Waals surface area contributed by atoms with Gasteiger partial charge in [0.1, 0.15) is 5.78 Å². The Morgan fingerprint density at radius 3 is 2.37 bits per heavy atom. The van der Waals surface area contributed by atoms with Crippen molar-refractivity contribution in [1.29, 1.82) is 0 Å². The van der Waals surface area contributed by atoms with Crippen molar-refractivity contribution in [2.24, 2.45) is 5.92 Å². The van der Waals surface area contributed by atoms with E-state index in [2.05, 4.69) is 30.9 Å². The van der Waals surface area contributed by atoms with Crippen LogP contribution in [0.25, 0.3) is 0 Å². The van der Waals surface area contributed by atoms with E-state index in [1.54, 1.807) is 6.92 Å². The molecule has 0 N–H and O–H groups in total. The maximum absolute atomic E-state index is 12.8. The predicted octanol–water partition coefficient (Wildman–Crippen LogP) is 5.26. The lowest BCUT2D eigenvalue weighted by molar-refractivity contribution is -0.117. The molecule has 0 aliphatic heterocycles. The highest BCUT2D eigenvalue weighted by atomic mass is 16.2. The van der Waals surface area contributed by atoms with Gasteiger partial charge in [-0.3, -0.25) is 4.79 Å². The van der Waals surface area contributed by atoms with Crippen LogP contribution >= 0.6 is 0 Å². The lowest BCUT2D eigenvalue weighted by atomic mass is 9.96. The van der Waals surface area contributed by atoms with E-state index in [1.165, 1.54) is 18.4 Å². The maximum atomic E-state index is 12.8. The summed E-state index contributed by atoms with van der Waals surface area (Å²) in [5.41, 5.74) is 3.71. The van der Waals surface area contributed by atoms with Crippen molar-refractivity contribution < 1.29 is 9.59 Å². The van der Waals surface area contributed by atoms with Crippen LogP contribution in [0, 0.1) is 17.8 Å². The van der Waals surface area contributed by atoms with Gasteiger partial charge >= 0.3 is 0 Å². The molecule has 0 saturated heterocycles. The molecule has 3 rings (SSSR count). The molecule has 156 valence electrons. The largest absolute Gasteiger partial charge is 0.339 e. The highest BCUT2D eigenvalue weighted by Gasteiger charge is 2.24. The first-order chi connectivity index (χ1) is 14.4. The number of benzene rings is 2. The number of carbonyl (C=O) groups is 2. The fourth-order valence-corrected chi connectivity index (χ4v) is 4.22. The van der Waals surface area contributed by atoms with Crippen LogP contribution in [0.2, 0.25) is 0 Å². The van der Waals surface area contributed by atoms with Crippen molar-refractivity contribution in [3.05, 3.63) is 70.8 Å². The minimum atomic E-state index is 0.0783. The van der Waals surface area contributed by atoms with Crippen LogP contribution in [0.5, 0.6) is 0 Å². The average molecular weight is 402 g/mol. The van der Waals surface area contributed by atoms with Gasteiger partial charge in [0.2, 0.25) is 0 Å². The first-order valence-electron chi connectivity index (χ1n) is 10.9. The molecule has 1 atom stereocenters. The minimum absolute atomic E-state index is 0.0783. The van der Waals surface area contributed by atoms with Gasteiger partial charge in [-0.2, -0.15) is 0 Å². The number of nitrogens with zero attached hydrogens (tertiary/aromatic N) is 1. The molecular weight excluding hydrogens is 370 g/mol. The average Bonchev–Trinajstić information content (AvgIpc) is 3.26. The Balaban J connectivity index is 1.65. The van der Waals surface area contributed by atoms with Gasteiger partial charge < -0.3 is 9.69 Å². The van der Waals surface area contributed by atoms with Crippen LogP contribution in [0.15, 0.2) is 48.5 Å². The number of carbonyl (C=O) groups excluding carboxylic acids is 2. The molecule has 0 radical (unpaired) electrons. The number of hydrogen-bond acceptors (Lipinski definition) is 2. The molecule has 2 aromatic carbocycles. The van der Waals surface area contributed by atoms with E-state index >= 15 is 0 Å². The molecule has 0 spiro atoms. The molecule has 1 saturated carbocycles. The molecule has 3 heteroatoms. The van der Waals surface area contributed by atoms with Crippen molar-refractivity contribution in [2.45, 2.75) is 58.4 Å². The molecule has 3 nitrogen and oxygen atoms in total. The van der Waals surface area contributed by atoms with Crippen LogP contribution < -0.4 is 0 Å². The molecule has 2 aromatic rings. The van der Waals surface area contributed by atoms with Gasteiger partial charge in [0.15, 0.2) is 0 Å². The van der Waals surface area contributed by atoms with Crippen LogP contribution in [-0.2, 0) is 11.2 Å². The smallest absolute Gasteiger partial charge is 0.253 e. The zero-order valence-electron chi connectivity index (χ0n) is 18.3. The Labute approximate surface area is 180 Å². The first-order valence-corrected chi connectivity index (χ1v) is 10.9. The summed E-state index contributed by atoms with van der Waals surface area (Å²) < 4.78 is 0.